The zero-order chi connectivity index (χ0) is 16.5. The molecule has 0 aromatic heterocycles. The van der Waals surface area contributed by atoms with Crippen LogP contribution in [0.25, 0.3) is 0 Å². The van der Waals surface area contributed by atoms with Gasteiger partial charge < -0.3 is 15.0 Å². The lowest BCUT2D eigenvalue weighted by atomic mass is 10.2. The zero-order valence-electron chi connectivity index (χ0n) is 13.1. The van der Waals surface area contributed by atoms with Crippen LogP contribution in [0.1, 0.15) is 10.4 Å². The number of para-hydroxylation sites is 2. The van der Waals surface area contributed by atoms with Gasteiger partial charge in [-0.3, -0.25) is 9.59 Å². The van der Waals surface area contributed by atoms with Crippen LogP contribution in [0.15, 0.2) is 54.6 Å². The second-order valence-electron chi connectivity index (χ2n) is 5.05. The van der Waals surface area contributed by atoms with E-state index in [2.05, 4.69) is 10.2 Å². The van der Waals surface area contributed by atoms with Crippen LogP contribution >= 0.6 is 0 Å². The number of nitrogens with one attached hydrogen (secondary N) is 1. The Balaban J connectivity index is 1.72. The highest BCUT2D eigenvalue weighted by molar-refractivity contribution is 5.80. The second kappa shape index (κ2) is 8.58. The van der Waals surface area contributed by atoms with Crippen molar-refractivity contribution in [2.75, 3.05) is 31.6 Å². The highest BCUT2D eigenvalue weighted by Crippen LogP contribution is 2.15. The van der Waals surface area contributed by atoms with Gasteiger partial charge in [0.15, 0.2) is 12.9 Å². The van der Waals surface area contributed by atoms with Crippen molar-refractivity contribution in [2.45, 2.75) is 0 Å². The summed E-state index contributed by atoms with van der Waals surface area (Å²) in [5.74, 6) is 0.200. The van der Waals surface area contributed by atoms with Gasteiger partial charge in [0, 0.05) is 25.8 Å². The number of rotatable bonds is 8. The van der Waals surface area contributed by atoms with Crippen LogP contribution in [0, 0.1) is 0 Å². The Labute approximate surface area is 135 Å². The van der Waals surface area contributed by atoms with E-state index in [1.165, 1.54) is 0 Å². The predicted octanol–water partition coefficient (Wildman–Crippen LogP) is 2.13. The van der Waals surface area contributed by atoms with E-state index in [1.54, 1.807) is 24.3 Å². The van der Waals surface area contributed by atoms with E-state index in [0.717, 1.165) is 5.69 Å². The van der Waals surface area contributed by atoms with E-state index >= 15 is 0 Å². The highest BCUT2D eigenvalue weighted by atomic mass is 16.5. The quantitative estimate of drug-likeness (QED) is 0.759. The lowest BCUT2D eigenvalue weighted by molar-refractivity contribution is -0.123. The molecule has 0 aliphatic heterocycles. The maximum Gasteiger partial charge on any atom is 0.258 e. The van der Waals surface area contributed by atoms with Gasteiger partial charge in [0.05, 0.1) is 5.56 Å². The number of ether oxygens (including phenoxy) is 1. The lowest BCUT2D eigenvalue weighted by Gasteiger charge is -2.19. The standard InChI is InChI=1S/C18H20N2O3/c1-20(16-8-3-2-4-9-16)12-11-19-18(22)14-23-17-10-6-5-7-15(17)13-21/h2-10,13H,11-12,14H2,1H3,(H,19,22). The van der Waals surface area contributed by atoms with Crippen molar-refractivity contribution in [1.82, 2.24) is 5.32 Å². The molecule has 0 bridgehead atoms. The van der Waals surface area contributed by atoms with Crippen molar-refractivity contribution < 1.29 is 14.3 Å². The van der Waals surface area contributed by atoms with Crippen LogP contribution in [0.5, 0.6) is 5.75 Å². The molecule has 0 heterocycles. The molecule has 0 spiro atoms. The Morgan fingerprint density at radius 2 is 1.83 bits per heavy atom. The van der Waals surface area contributed by atoms with Gasteiger partial charge in [-0.25, -0.2) is 0 Å². The van der Waals surface area contributed by atoms with E-state index in [9.17, 15) is 9.59 Å². The first-order valence-corrected chi connectivity index (χ1v) is 7.40. The molecule has 0 saturated carbocycles. The maximum absolute atomic E-state index is 11.8. The molecule has 5 heteroatoms. The van der Waals surface area contributed by atoms with Crippen molar-refractivity contribution in [1.29, 1.82) is 0 Å². The first-order chi connectivity index (χ1) is 11.2. The molecular formula is C18H20N2O3. The number of amides is 1. The molecule has 23 heavy (non-hydrogen) atoms. The highest BCUT2D eigenvalue weighted by Gasteiger charge is 2.06. The normalized spacial score (nSPS) is 9.96. The maximum atomic E-state index is 11.8. The van der Waals surface area contributed by atoms with Gasteiger partial charge in [0.1, 0.15) is 5.75 Å². The largest absolute Gasteiger partial charge is 0.483 e. The topological polar surface area (TPSA) is 58.6 Å². The number of carbonyl (C=O) groups is 2. The van der Waals surface area contributed by atoms with Crippen LogP contribution in [-0.4, -0.2) is 38.9 Å². The predicted molar refractivity (Wildman–Crippen MR) is 90.0 cm³/mol. The van der Waals surface area contributed by atoms with Crippen LogP contribution in [0.3, 0.4) is 0 Å². The third-order valence-corrected chi connectivity index (χ3v) is 3.37. The van der Waals surface area contributed by atoms with Crippen LogP contribution < -0.4 is 15.0 Å². The van der Waals surface area contributed by atoms with Crippen molar-refractivity contribution in [3.8, 4) is 5.75 Å². The number of nitrogens with zero attached hydrogens (tertiary/aromatic N) is 1. The van der Waals surface area contributed by atoms with Gasteiger partial charge in [-0.1, -0.05) is 30.3 Å². The summed E-state index contributed by atoms with van der Waals surface area (Å²) in [5.41, 5.74) is 1.53. The summed E-state index contributed by atoms with van der Waals surface area (Å²) in [6, 6.07) is 16.8. The SMILES string of the molecule is CN(CCNC(=O)COc1ccccc1C=O)c1ccccc1. The molecular weight excluding hydrogens is 292 g/mol. The number of carbonyl (C=O) groups excluding carboxylic acids is 2. The van der Waals surface area contributed by atoms with Crippen molar-refractivity contribution in [2.24, 2.45) is 0 Å². The molecule has 0 aliphatic rings. The fourth-order valence-electron chi connectivity index (χ4n) is 2.08. The summed E-state index contributed by atoms with van der Waals surface area (Å²) in [6.07, 6.45) is 0.710. The summed E-state index contributed by atoms with van der Waals surface area (Å²) in [7, 11) is 1.97. The lowest BCUT2D eigenvalue weighted by Crippen LogP contribution is -2.35. The summed E-state index contributed by atoms with van der Waals surface area (Å²) >= 11 is 0. The number of aldehydes is 1. The number of benzene rings is 2. The fraction of sp³-hybridized carbons (Fsp3) is 0.222. The van der Waals surface area contributed by atoms with E-state index in [4.69, 9.17) is 4.74 Å². The molecule has 5 nitrogen and oxygen atoms in total. The van der Waals surface area contributed by atoms with Crippen molar-refractivity contribution in [3.05, 3.63) is 60.2 Å². The van der Waals surface area contributed by atoms with Gasteiger partial charge in [-0.2, -0.15) is 0 Å². The molecule has 1 N–H and O–H groups in total. The van der Waals surface area contributed by atoms with Crippen molar-refractivity contribution >= 4 is 17.9 Å². The van der Waals surface area contributed by atoms with Gasteiger partial charge >= 0.3 is 0 Å². The Morgan fingerprint density at radius 1 is 1.13 bits per heavy atom. The van der Waals surface area contributed by atoms with Crippen molar-refractivity contribution in [3.63, 3.8) is 0 Å². The van der Waals surface area contributed by atoms with Crippen LogP contribution in [0.2, 0.25) is 0 Å². The van der Waals surface area contributed by atoms with E-state index in [0.29, 0.717) is 30.7 Å². The molecule has 2 rings (SSSR count). The number of hydrogen-bond acceptors (Lipinski definition) is 4. The van der Waals surface area contributed by atoms with Gasteiger partial charge in [-0.05, 0) is 24.3 Å². The minimum absolute atomic E-state index is 0.111. The monoisotopic (exact) mass is 312 g/mol. The number of anilines is 1. The minimum Gasteiger partial charge on any atom is -0.483 e. The summed E-state index contributed by atoms with van der Waals surface area (Å²) < 4.78 is 5.38. The van der Waals surface area contributed by atoms with Gasteiger partial charge in [0.25, 0.3) is 5.91 Å². The Hall–Kier alpha value is -2.82. The Morgan fingerprint density at radius 3 is 2.57 bits per heavy atom. The third kappa shape index (κ3) is 5.14. The molecule has 0 atom stereocenters. The van der Waals surface area contributed by atoms with Crippen LogP contribution in [0.4, 0.5) is 5.69 Å². The molecule has 1 amide bonds. The molecule has 0 unspecified atom stereocenters. The molecule has 0 fully saturated rings. The second-order valence-corrected chi connectivity index (χ2v) is 5.05. The summed E-state index contributed by atoms with van der Waals surface area (Å²) in [5, 5.41) is 2.80. The molecule has 0 saturated heterocycles. The summed E-state index contributed by atoms with van der Waals surface area (Å²) in [4.78, 5) is 24.7. The van der Waals surface area contributed by atoms with Gasteiger partial charge in [-0.15, -0.1) is 0 Å². The Kier molecular flexibility index (Phi) is 6.17. The van der Waals surface area contributed by atoms with E-state index in [-0.39, 0.29) is 12.5 Å². The molecule has 120 valence electrons. The van der Waals surface area contributed by atoms with E-state index in [1.807, 2.05) is 37.4 Å². The first kappa shape index (κ1) is 16.5. The third-order valence-electron chi connectivity index (χ3n) is 3.37. The molecule has 2 aromatic rings. The fourth-order valence-corrected chi connectivity index (χ4v) is 2.08. The number of hydrogen-bond donors (Lipinski definition) is 1. The first-order valence-electron chi connectivity index (χ1n) is 7.40. The molecule has 2 aromatic carbocycles. The summed E-state index contributed by atoms with van der Waals surface area (Å²) in [6.45, 7) is 1.10. The van der Waals surface area contributed by atoms with E-state index < -0.39 is 0 Å². The minimum atomic E-state index is -0.216. The molecule has 0 aliphatic carbocycles. The zero-order valence-corrected chi connectivity index (χ0v) is 13.1. The smallest absolute Gasteiger partial charge is 0.258 e. The van der Waals surface area contributed by atoms with Crippen LogP contribution in [-0.2, 0) is 4.79 Å². The average molecular weight is 312 g/mol. The number of likely N-dealkylation sites (N-methyl/N-ethyl adjacent to an activating group) is 1. The van der Waals surface area contributed by atoms with Gasteiger partial charge in [0.2, 0.25) is 0 Å². The molecule has 0 radical (unpaired) electrons. The average Bonchev–Trinajstić information content (AvgIpc) is 2.60. The Bertz CT molecular complexity index is 644.